The predicted octanol–water partition coefficient (Wildman–Crippen LogP) is 1.49. The smallest absolute Gasteiger partial charge is 0.270 e. The third-order valence-corrected chi connectivity index (χ3v) is 3.58. The first-order valence-electron chi connectivity index (χ1n) is 5.57. The van der Waals surface area contributed by atoms with E-state index < -0.39 is 0 Å². The van der Waals surface area contributed by atoms with Crippen molar-refractivity contribution < 1.29 is 9.59 Å². The quantitative estimate of drug-likeness (QED) is 0.854. The zero-order chi connectivity index (χ0) is 12.4. The molecule has 6 heteroatoms. The van der Waals surface area contributed by atoms with Crippen molar-refractivity contribution in [3.63, 3.8) is 0 Å². The van der Waals surface area contributed by atoms with Gasteiger partial charge in [0.25, 0.3) is 5.91 Å². The average molecular weight is 253 g/mol. The Balaban J connectivity index is 1.85. The van der Waals surface area contributed by atoms with Crippen molar-refractivity contribution in [1.29, 1.82) is 0 Å². The Kier molecular flexibility index (Phi) is 3.42. The Morgan fingerprint density at radius 2 is 2.29 bits per heavy atom. The Morgan fingerprint density at radius 1 is 1.59 bits per heavy atom. The summed E-state index contributed by atoms with van der Waals surface area (Å²) in [4.78, 5) is 26.6. The molecule has 0 unspecified atom stereocenters. The van der Waals surface area contributed by atoms with Gasteiger partial charge in [-0.2, -0.15) is 0 Å². The number of rotatable bonds is 4. The van der Waals surface area contributed by atoms with Crippen molar-refractivity contribution in [2.45, 2.75) is 20.3 Å². The topological polar surface area (TPSA) is 71.1 Å². The van der Waals surface area contributed by atoms with Crippen LogP contribution in [0.1, 0.15) is 30.8 Å². The molecular weight excluding hydrogens is 238 g/mol. The molecule has 92 valence electrons. The van der Waals surface area contributed by atoms with Gasteiger partial charge in [-0.15, -0.1) is 11.3 Å². The standard InChI is InChI=1S/C11H15N3O2S/c1-6-3-8(6)4-12-10(16)9-5-17-11(14-9)13-7(2)15/h5-6,8H,3-4H2,1-2H3,(H,12,16)(H,13,14,15)/t6-,8+/m0/s1. The van der Waals surface area contributed by atoms with Crippen LogP contribution in [0.3, 0.4) is 0 Å². The van der Waals surface area contributed by atoms with Crippen molar-refractivity contribution in [1.82, 2.24) is 10.3 Å². The lowest BCUT2D eigenvalue weighted by Gasteiger charge is -2.01. The fraction of sp³-hybridized carbons (Fsp3) is 0.545. The van der Waals surface area contributed by atoms with Crippen molar-refractivity contribution in [2.24, 2.45) is 11.8 Å². The second-order valence-electron chi connectivity index (χ2n) is 4.40. The highest BCUT2D eigenvalue weighted by molar-refractivity contribution is 7.14. The third-order valence-electron chi connectivity index (χ3n) is 2.82. The third kappa shape index (κ3) is 3.26. The summed E-state index contributed by atoms with van der Waals surface area (Å²) in [5.41, 5.74) is 0.368. The molecular formula is C11H15N3O2S. The van der Waals surface area contributed by atoms with Crippen LogP contribution < -0.4 is 10.6 Å². The van der Waals surface area contributed by atoms with Crippen LogP contribution >= 0.6 is 11.3 Å². The summed E-state index contributed by atoms with van der Waals surface area (Å²) in [5.74, 6) is 0.989. The first kappa shape index (κ1) is 12.0. The molecule has 0 aromatic carbocycles. The van der Waals surface area contributed by atoms with Crippen LogP contribution in [-0.4, -0.2) is 23.3 Å². The first-order valence-corrected chi connectivity index (χ1v) is 6.45. The van der Waals surface area contributed by atoms with Gasteiger partial charge in [-0.3, -0.25) is 9.59 Å². The minimum Gasteiger partial charge on any atom is -0.350 e. The Labute approximate surface area is 104 Å². The molecule has 0 radical (unpaired) electrons. The molecule has 2 N–H and O–H groups in total. The molecule has 2 atom stereocenters. The van der Waals surface area contributed by atoms with E-state index in [0.717, 1.165) is 5.92 Å². The van der Waals surface area contributed by atoms with Gasteiger partial charge in [0.2, 0.25) is 5.91 Å². The predicted molar refractivity (Wildman–Crippen MR) is 66.0 cm³/mol. The van der Waals surface area contributed by atoms with E-state index in [1.54, 1.807) is 5.38 Å². The number of nitrogens with zero attached hydrogens (tertiary/aromatic N) is 1. The number of hydrogen-bond acceptors (Lipinski definition) is 4. The molecule has 0 bridgehead atoms. The molecule has 1 aromatic heterocycles. The van der Waals surface area contributed by atoms with Crippen LogP contribution in [0.25, 0.3) is 0 Å². The molecule has 1 aliphatic carbocycles. The molecule has 5 nitrogen and oxygen atoms in total. The zero-order valence-corrected chi connectivity index (χ0v) is 10.6. The molecule has 1 aromatic rings. The average Bonchev–Trinajstić information content (AvgIpc) is 2.75. The molecule has 1 aliphatic rings. The fourth-order valence-electron chi connectivity index (χ4n) is 1.58. The molecule has 17 heavy (non-hydrogen) atoms. The number of carbonyl (C=O) groups is 2. The van der Waals surface area contributed by atoms with Crippen molar-refractivity contribution in [3.8, 4) is 0 Å². The van der Waals surface area contributed by atoms with E-state index in [-0.39, 0.29) is 11.8 Å². The number of anilines is 1. The zero-order valence-electron chi connectivity index (χ0n) is 9.82. The Bertz CT molecular complexity index is 444. The highest BCUT2D eigenvalue weighted by Gasteiger charge is 2.32. The number of carbonyl (C=O) groups excluding carboxylic acids is 2. The largest absolute Gasteiger partial charge is 0.350 e. The van der Waals surface area contributed by atoms with Crippen LogP contribution in [0.5, 0.6) is 0 Å². The van der Waals surface area contributed by atoms with Gasteiger partial charge in [0.05, 0.1) is 0 Å². The van der Waals surface area contributed by atoms with Crippen LogP contribution in [0.4, 0.5) is 5.13 Å². The summed E-state index contributed by atoms with van der Waals surface area (Å²) >= 11 is 1.25. The van der Waals surface area contributed by atoms with Gasteiger partial charge in [0.1, 0.15) is 5.69 Å². The van der Waals surface area contributed by atoms with E-state index in [1.165, 1.54) is 24.7 Å². The van der Waals surface area contributed by atoms with Crippen molar-refractivity contribution in [2.75, 3.05) is 11.9 Å². The number of hydrogen-bond donors (Lipinski definition) is 2. The summed E-state index contributed by atoms with van der Waals surface area (Å²) in [6, 6.07) is 0. The van der Waals surface area contributed by atoms with Gasteiger partial charge in [0, 0.05) is 18.8 Å². The Morgan fingerprint density at radius 3 is 2.88 bits per heavy atom. The van der Waals surface area contributed by atoms with Gasteiger partial charge in [-0.05, 0) is 18.3 Å². The number of thiazole rings is 1. The number of nitrogens with one attached hydrogen (secondary N) is 2. The number of amides is 2. The lowest BCUT2D eigenvalue weighted by atomic mass is 10.3. The second kappa shape index (κ2) is 4.83. The molecule has 1 fully saturated rings. The van der Waals surface area contributed by atoms with Crippen LogP contribution in [0, 0.1) is 11.8 Å². The highest BCUT2D eigenvalue weighted by atomic mass is 32.1. The normalized spacial score (nSPS) is 22.0. The highest BCUT2D eigenvalue weighted by Crippen LogP contribution is 2.36. The van der Waals surface area contributed by atoms with Gasteiger partial charge in [-0.25, -0.2) is 4.98 Å². The lowest BCUT2D eigenvalue weighted by molar-refractivity contribution is -0.114. The van der Waals surface area contributed by atoms with E-state index in [1.807, 2.05) is 0 Å². The molecule has 0 aliphatic heterocycles. The van der Waals surface area contributed by atoms with E-state index >= 15 is 0 Å². The van der Waals surface area contributed by atoms with Gasteiger partial charge < -0.3 is 10.6 Å². The minimum absolute atomic E-state index is 0.169. The van der Waals surface area contributed by atoms with E-state index in [0.29, 0.717) is 23.3 Å². The first-order chi connectivity index (χ1) is 8.06. The Hall–Kier alpha value is -1.43. The van der Waals surface area contributed by atoms with Crippen LogP contribution in [0.2, 0.25) is 0 Å². The van der Waals surface area contributed by atoms with Gasteiger partial charge >= 0.3 is 0 Å². The van der Waals surface area contributed by atoms with E-state index in [4.69, 9.17) is 0 Å². The van der Waals surface area contributed by atoms with E-state index in [2.05, 4.69) is 22.5 Å². The fourth-order valence-corrected chi connectivity index (χ4v) is 2.32. The summed E-state index contributed by atoms with van der Waals surface area (Å²) < 4.78 is 0. The molecule has 2 rings (SSSR count). The SMILES string of the molecule is CC(=O)Nc1nc(C(=O)NC[C@H]2C[C@@H]2C)cs1. The monoisotopic (exact) mass is 253 g/mol. The maximum Gasteiger partial charge on any atom is 0.270 e. The second-order valence-corrected chi connectivity index (χ2v) is 5.26. The van der Waals surface area contributed by atoms with Crippen LogP contribution in [0.15, 0.2) is 5.38 Å². The molecule has 1 heterocycles. The summed E-state index contributed by atoms with van der Waals surface area (Å²) in [6.45, 7) is 4.30. The number of aromatic nitrogens is 1. The minimum atomic E-state index is -0.182. The van der Waals surface area contributed by atoms with Gasteiger partial charge in [-0.1, -0.05) is 6.92 Å². The summed E-state index contributed by atoms with van der Waals surface area (Å²) in [7, 11) is 0. The summed E-state index contributed by atoms with van der Waals surface area (Å²) in [6.07, 6.45) is 1.19. The molecule has 0 saturated heterocycles. The molecule has 2 amide bonds. The van der Waals surface area contributed by atoms with Crippen LogP contribution in [-0.2, 0) is 4.79 Å². The maximum absolute atomic E-state index is 11.7. The molecule has 1 saturated carbocycles. The van der Waals surface area contributed by atoms with Gasteiger partial charge in [0.15, 0.2) is 5.13 Å². The lowest BCUT2D eigenvalue weighted by Crippen LogP contribution is -2.26. The van der Waals surface area contributed by atoms with E-state index in [9.17, 15) is 9.59 Å². The van der Waals surface area contributed by atoms with Crippen molar-refractivity contribution >= 4 is 28.3 Å². The van der Waals surface area contributed by atoms with Crippen molar-refractivity contribution in [3.05, 3.63) is 11.1 Å². The molecule has 0 spiro atoms. The summed E-state index contributed by atoms with van der Waals surface area (Å²) in [5, 5.41) is 7.51. The maximum atomic E-state index is 11.7.